The van der Waals surface area contributed by atoms with Gasteiger partial charge in [0.15, 0.2) is 0 Å². The quantitative estimate of drug-likeness (QED) is 0.594. The first-order chi connectivity index (χ1) is 10.6. The summed E-state index contributed by atoms with van der Waals surface area (Å²) in [5.41, 5.74) is 0.640. The molecule has 2 heterocycles. The molecule has 0 radical (unpaired) electrons. The highest BCUT2D eigenvalue weighted by atomic mass is 32.2. The molecule has 1 aromatic rings. The Kier molecular flexibility index (Phi) is 6.58. The topological polar surface area (TPSA) is 59.5 Å². The van der Waals surface area contributed by atoms with Gasteiger partial charge < -0.3 is 9.64 Å². The molecule has 1 saturated heterocycles. The number of thioether (sulfide) groups is 2. The van der Waals surface area contributed by atoms with Crippen LogP contribution in [0.2, 0.25) is 0 Å². The van der Waals surface area contributed by atoms with E-state index in [1.54, 1.807) is 11.8 Å². The van der Waals surface area contributed by atoms with E-state index in [9.17, 15) is 9.59 Å². The van der Waals surface area contributed by atoms with Crippen molar-refractivity contribution in [1.29, 1.82) is 0 Å². The van der Waals surface area contributed by atoms with Gasteiger partial charge >= 0.3 is 5.97 Å². The van der Waals surface area contributed by atoms with E-state index in [1.165, 1.54) is 35.1 Å². The smallest absolute Gasteiger partial charge is 0.328 e. The number of nitrogens with zero attached hydrogens (tertiary/aromatic N) is 2. The molecule has 2 rings (SSSR count). The molecule has 1 aliphatic heterocycles. The molecule has 0 bridgehead atoms. The molecule has 1 fully saturated rings. The van der Waals surface area contributed by atoms with Crippen molar-refractivity contribution < 1.29 is 14.3 Å². The lowest BCUT2D eigenvalue weighted by Gasteiger charge is -2.34. The summed E-state index contributed by atoms with van der Waals surface area (Å²) in [5, 5.41) is 0.743. The number of ether oxygens (including phenoxy) is 1. The van der Waals surface area contributed by atoms with Crippen molar-refractivity contribution >= 4 is 46.9 Å². The molecule has 0 unspecified atom stereocenters. The van der Waals surface area contributed by atoms with E-state index >= 15 is 0 Å². The summed E-state index contributed by atoms with van der Waals surface area (Å²) < 4.78 is 10.4. The van der Waals surface area contributed by atoms with Gasteiger partial charge in [-0.1, -0.05) is 0 Å². The minimum atomic E-state index is -0.467. The molecule has 5 nitrogen and oxygen atoms in total. The minimum absolute atomic E-state index is 0.0970. The monoisotopic (exact) mass is 360 g/mol. The number of aromatic nitrogens is 1. The molecule has 0 N–H and O–H groups in total. The molecule has 0 aromatic carbocycles. The molecule has 0 aliphatic carbocycles. The minimum Gasteiger partial charge on any atom is -0.464 e. The van der Waals surface area contributed by atoms with Crippen LogP contribution in [0.5, 0.6) is 0 Å². The standard InChI is InChI=1S/C14H20N2O3S3/c1-4-19-13(18)9-7-5-6-8-16(9)12(17)10-11(20-2)15-22-14(10)21-3/h9H,4-8H2,1-3H3/t9-/m1/s1. The van der Waals surface area contributed by atoms with Crippen LogP contribution < -0.4 is 0 Å². The first-order valence-corrected chi connectivity index (χ1v) is 10.4. The normalized spacial score (nSPS) is 18.3. The van der Waals surface area contributed by atoms with Crippen LogP contribution in [-0.2, 0) is 9.53 Å². The number of carbonyl (C=O) groups is 2. The van der Waals surface area contributed by atoms with Gasteiger partial charge in [-0.15, -0.1) is 23.5 Å². The van der Waals surface area contributed by atoms with Gasteiger partial charge in [-0.25, -0.2) is 4.79 Å². The molecule has 1 atom stereocenters. The summed E-state index contributed by atoms with van der Waals surface area (Å²) in [7, 11) is 0. The predicted octanol–water partition coefficient (Wildman–Crippen LogP) is 3.14. The van der Waals surface area contributed by atoms with Crippen molar-refractivity contribution in [2.75, 3.05) is 25.7 Å². The predicted molar refractivity (Wildman–Crippen MR) is 91.0 cm³/mol. The van der Waals surface area contributed by atoms with Gasteiger partial charge in [0.25, 0.3) is 5.91 Å². The maximum absolute atomic E-state index is 13.0. The Morgan fingerprint density at radius 1 is 1.36 bits per heavy atom. The first kappa shape index (κ1) is 17.6. The van der Waals surface area contributed by atoms with Crippen LogP contribution in [0.3, 0.4) is 0 Å². The molecule has 122 valence electrons. The Hall–Kier alpha value is -0.730. The van der Waals surface area contributed by atoms with Crippen molar-refractivity contribution in [2.45, 2.75) is 41.5 Å². The summed E-state index contributed by atoms with van der Waals surface area (Å²) in [6, 6.07) is -0.467. The van der Waals surface area contributed by atoms with E-state index < -0.39 is 6.04 Å². The van der Waals surface area contributed by atoms with E-state index in [0.29, 0.717) is 25.1 Å². The van der Waals surface area contributed by atoms with Crippen LogP contribution in [0, 0.1) is 0 Å². The van der Waals surface area contributed by atoms with Crippen LogP contribution in [0.4, 0.5) is 0 Å². The molecule has 1 aromatic heterocycles. The number of carbonyl (C=O) groups excluding carboxylic acids is 2. The zero-order valence-corrected chi connectivity index (χ0v) is 15.4. The second kappa shape index (κ2) is 8.21. The third-order valence-electron chi connectivity index (χ3n) is 3.54. The maximum Gasteiger partial charge on any atom is 0.328 e. The van der Waals surface area contributed by atoms with Crippen LogP contribution >= 0.6 is 35.1 Å². The lowest BCUT2D eigenvalue weighted by molar-refractivity contribution is -0.149. The summed E-state index contributed by atoms with van der Waals surface area (Å²) in [6.45, 7) is 2.72. The molecule has 1 amide bonds. The van der Waals surface area contributed by atoms with E-state index in [1.807, 2.05) is 12.5 Å². The number of likely N-dealkylation sites (tertiary alicyclic amines) is 1. The fourth-order valence-corrected chi connectivity index (χ4v) is 4.78. The summed E-state index contributed by atoms with van der Waals surface area (Å²) in [5.74, 6) is -0.393. The van der Waals surface area contributed by atoms with Crippen LogP contribution in [0.1, 0.15) is 36.5 Å². The van der Waals surface area contributed by atoms with Crippen LogP contribution in [-0.4, -0.2) is 52.9 Å². The van der Waals surface area contributed by atoms with Gasteiger partial charge in [0.1, 0.15) is 11.1 Å². The molecule has 0 spiro atoms. The number of rotatable bonds is 5. The Labute approximate surface area is 143 Å². The summed E-state index contributed by atoms with van der Waals surface area (Å²) in [4.78, 5) is 26.8. The Balaban J connectivity index is 2.29. The van der Waals surface area contributed by atoms with Gasteiger partial charge in [-0.05, 0) is 50.2 Å². The highest BCUT2D eigenvalue weighted by Gasteiger charge is 2.36. The van der Waals surface area contributed by atoms with E-state index in [2.05, 4.69) is 4.37 Å². The van der Waals surface area contributed by atoms with Crippen LogP contribution in [0.25, 0.3) is 0 Å². The van der Waals surface area contributed by atoms with Crippen molar-refractivity contribution in [3.05, 3.63) is 5.56 Å². The number of piperidine rings is 1. The second-order valence-electron chi connectivity index (χ2n) is 4.82. The second-order valence-corrected chi connectivity index (χ2v) is 7.46. The Morgan fingerprint density at radius 3 is 2.77 bits per heavy atom. The number of hydrogen-bond acceptors (Lipinski definition) is 7. The number of esters is 1. The van der Waals surface area contributed by atoms with Gasteiger partial charge in [-0.2, -0.15) is 4.37 Å². The van der Waals surface area contributed by atoms with Crippen molar-refractivity contribution in [2.24, 2.45) is 0 Å². The zero-order chi connectivity index (χ0) is 16.1. The molecular weight excluding hydrogens is 340 g/mol. The fourth-order valence-electron chi connectivity index (χ4n) is 2.52. The van der Waals surface area contributed by atoms with Gasteiger partial charge in [0.2, 0.25) is 0 Å². The zero-order valence-electron chi connectivity index (χ0n) is 13.0. The highest BCUT2D eigenvalue weighted by Crippen LogP contribution is 2.34. The lowest BCUT2D eigenvalue weighted by atomic mass is 10.0. The van der Waals surface area contributed by atoms with E-state index in [0.717, 1.165) is 22.1 Å². The third kappa shape index (κ3) is 3.60. The molecule has 22 heavy (non-hydrogen) atoms. The largest absolute Gasteiger partial charge is 0.464 e. The first-order valence-electron chi connectivity index (χ1n) is 7.19. The average molecular weight is 361 g/mol. The third-order valence-corrected chi connectivity index (χ3v) is 6.28. The molecule has 0 saturated carbocycles. The Morgan fingerprint density at radius 2 is 2.14 bits per heavy atom. The van der Waals surface area contributed by atoms with Gasteiger partial charge in [0, 0.05) is 6.54 Å². The summed E-state index contributed by atoms with van der Waals surface area (Å²) in [6.07, 6.45) is 6.38. The van der Waals surface area contributed by atoms with Crippen molar-refractivity contribution in [1.82, 2.24) is 9.27 Å². The van der Waals surface area contributed by atoms with Crippen molar-refractivity contribution in [3.8, 4) is 0 Å². The highest BCUT2D eigenvalue weighted by molar-refractivity contribution is 8.01. The van der Waals surface area contributed by atoms with Gasteiger partial charge in [-0.3, -0.25) is 4.79 Å². The molecule has 8 heteroatoms. The SMILES string of the molecule is CCOC(=O)[C@H]1CCCCN1C(=O)c1c(SC)nsc1SC. The number of hydrogen-bond donors (Lipinski definition) is 0. The summed E-state index contributed by atoms with van der Waals surface area (Å²) >= 11 is 4.33. The van der Waals surface area contributed by atoms with E-state index in [4.69, 9.17) is 4.74 Å². The molecular formula is C14H20N2O3S3. The fraction of sp³-hybridized carbons (Fsp3) is 0.643. The van der Waals surface area contributed by atoms with Crippen LogP contribution in [0.15, 0.2) is 9.24 Å². The number of amides is 1. The van der Waals surface area contributed by atoms with Crippen molar-refractivity contribution in [3.63, 3.8) is 0 Å². The van der Waals surface area contributed by atoms with Gasteiger partial charge in [0.05, 0.1) is 16.4 Å². The lowest BCUT2D eigenvalue weighted by Crippen LogP contribution is -2.48. The average Bonchev–Trinajstić information content (AvgIpc) is 2.97. The maximum atomic E-state index is 13.0. The van der Waals surface area contributed by atoms with E-state index in [-0.39, 0.29) is 11.9 Å². The Bertz CT molecular complexity index is 526. The molecule has 1 aliphatic rings.